The Balaban J connectivity index is 2.09. The summed E-state index contributed by atoms with van der Waals surface area (Å²) in [5, 5.41) is 0. The minimum absolute atomic E-state index is 0.387. The highest BCUT2D eigenvalue weighted by molar-refractivity contribution is 5.49. The summed E-state index contributed by atoms with van der Waals surface area (Å²) in [6, 6.07) is 9.78. The number of benzene rings is 1. The molecule has 0 atom stereocenters. The Morgan fingerprint density at radius 2 is 1.83 bits per heavy atom. The molecule has 1 aromatic carbocycles. The molecule has 2 nitrogen and oxygen atoms in total. The Morgan fingerprint density at radius 3 is 2.61 bits per heavy atom. The molecule has 0 aliphatic rings. The largest absolute Gasteiger partial charge is 0.356 e. The Kier molecular flexibility index (Phi) is 7.91. The molecule has 1 rings (SSSR count). The topological polar surface area (TPSA) is 26.3 Å². The first-order chi connectivity index (χ1) is 8.93. The zero-order valence-electron chi connectivity index (χ0n) is 10.3. The second kappa shape index (κ2) is 10.1. The predicted octanol–water partition coefficient (Wildman–Crippen LogP) is 2.43. The molecule has 0 spiro atoms. The van der Waals surface area contributed by atoms with Crippen LogP contribution in [0.4, 0.5) is 0 Å². The van der Waals surface area contributed by atoms with Gasteiger partial charge < -0.3 is 9.53 Å². The van der Waals surface area contributed by atoms with E-state index in [4.69, 9.17) is 4.74 Å². The summed E-state index contributed by atoms with van der Waals surface area (Å²) in [6.07, 6.45) is 3.07. The quantitative estimate of drug-likeness (QED) is 0.449. The van der Waals surface area contributed by atoms with Gasteiger partial charge in [0.15, 0.2) is 0 Å². The molecule has 0 amide bonds. The summed E-state index contributed by atoms with van der Waals surface area (Å²) >= 11 is 0. The summed E-state index contributed by atoms with van der Waals surface area (Å²) in [6.45, 7) is 0.780. The van der Waals surface area contributed by atoms with E-state index in [-0.39, 0.29) is 0 Å². The number of ether oxygens (including phenoxy) is 1. The van der Waals surface area contributed by atoms with Crippen LogP contribution >= 0.6 is 0 Å². The van der Waals surface area contributed by atoms with Gasteiger partial charge in [0.25, 0.3) is 0 Å². The minimum Gasteiger partial charge on any atom is -0.356 e. The SMILES string of the molecule is O=CCCCC#CCOCC#Cc1ccccc1. The highest BCUT2D eigenvalue weighted by atomic mass is 16.5. The van der Waals surface area contributed by atoms with Crippen LogP contribution in [0.15, 0.2) is 30.3 Å². The van der Waals surface area contributed by atoms with Crippen molar-refractivity contribution < 1.29 is 9.53 Å². The molecule has 0 fully saturated rings. The molecule has 1 aromatic rings. The fraction of sp³-hybridized carbons (Fsp3) is 0.312. The average molecular weight is 240 g/mol. The molecule has 0 radical (unpaired) electrons. The Hall–Kier alpha value is -2.03. The molecule has 92 valence electrons. The third kappa shape index (κ3) is 7.28. The molecule has 0 unspecified atom stereocenters. The van der Waals surface area contributed by atoms with E-state index < -0.39 is 0 Å². The van der Waals surface area contributed by atoms with Crippen LogP contribution in [0, 0.1) is 23.7 Å². The van der Waals surface area contributed by atoms with Crippen LogP contribution in [0.1, 0.15) is 24.8 Å². The number of unbranched alkanes of at least 4 members (excludes halogenated alkanes) is 2. The first kappa shape index (κ1) is 14.0. The van der Waals surface area contributed by atoms with Gasteiger partial charge in [0.2, 0.25) is 0 Å². The molecule has 0 N–H and O–H groups in total. The van der Waals surface area contributed by atoms with Crippen molar-refractivity contribution in [3.05, 3.63) is 35.9 Å². The molecule has 0 saturated heterocycles. The number of hydrogen-bond donors (Lipinski definition) is 0. The van der Waals surface area contributed by atoms with E-state index in [2.05, 4.69) is 23.7 Å². The van der Waals surface area contributed by atoms with Crippen LogP contribution in [0.3, 0.4) is 0 Å². The summed E-state index contributed by atoms with van der Waals surface area (Å²) in [4.78, 5) is 10.0. The van der Waals surface area contributed by atoms with E-state index in [1.54, 1.807) is 0 Å². The molecule has 0 aliphatic carbocycles. The molecule has 0 bridgehead atoms. The molecule has 2 heteroatoms. The van der Waals surface area contributed by atoms with Gasteiger partial charge in [0.1, 0.15) is 19.5 Å². The summed E-state index contributed by atoms with van der Waals surface area (Å²) < 4.78 is 5.25. The van der Waals surface area contributed by atoms with Gasteiger partial charge in [0, 0.05) is 18.4 Å². The van der Waals surface area contributed by atoms with Gasteiger partial charge in [-0.1, -0.05) is 36.0 Å². The first-order valence-electron chi connectivity index (χ1n) is 5.94. The van der Waals surface area contributed by atoms with Crippen LogP contribution in [0.5, 0.6) is 0 Å². The molecular weight excluding hydrogens is 224 g/mol. The van der Waals surface area contributed by atoms with Crippen LogP contribution < -0.4 is 0 Å². The van der Waals surface area contributed by atoms with Crippen molar-refractivity contribution in [2.24, 2.45) is 0 Å². The third-order valence-electron chi connectivity index (χ3n) is 2.10. The van der Waals surface area contributed by atoms with Crippen molar-refractivity contribution in [3.8, 4) is 23.7 Å². The Labute approximate surface area is 108 Å². The monoisotopic (exact) mass is 240 g/mol. The number of carbonyl (C=O) groups excluding carboxylic acids is 1. The van der Waals surface area contributed by atoms with Gasteiger partial charge in [-0.15, -0.1) is 5.92 Å². The average Bonchev–Trinajstić information content (AvgIpc) is 2.42. The smallest absolute Gasteiger partial charge is 0.120 e. The van der Waals surface area contributed by atoms with E-state index in [0.29, 0.717) is 19.6 Å². The fourth-order valence-electron chi connectivity index (χ4n) is 1.23. The van der Waals surface area contributed by atoms with Gasteiger partial charge in [-0.05, 0) is 18.6 Å². The summed E-state index contributed by atoms with van der Waals surface area (Å²) in [7, 11) is 0. The number of rotatable bonds is 5. The van der Waals surface area contributed by atoms with Gasteiger partial charge >= 0.3 is 0 Å². The molecule has 0 aliphatic heterocycles. The normalized spacial score (nSPS) is 8.67. The van der Waals surface area contributed by atoms with E-state index in [0.717, 1.165) is 24.7 Å². The van der Waals surface area contributed by atoms with Crippen LogP contribution in [-0.2, 0) is 9.53 Å². The number of carbonyl (C=O) groups is 1. The molecule has 18 heavy (non-hydrogen) atoms. The van der Waals surface area contributed by atoms with Crippen molar-refractivity contribution in [2.45, 2.75) is 19.3 Å². The van der Waals surface area contributed by atoms with E-state index in [1.807, 2.05) is 30.3 Å². The van der Waals surface area contributed by atoms with Gasteiger partial charge in [-0.3, -0.25) is 0 Å². The van der Waals surface area contributed by atoms with Crippen molar-refractivity contribution in [1.29, 1.82) is 0 Å². The Bertz CT molecular complexity index is 455. The zero-order valence-corrected chi connectivity index (χ0v) is 10.3. The van der Waals surface area contributed by atoms with Crippen LogP contribution in [0.2, 0.25) is 0 Å². The molecule has 0 heterocycles. The highest BCUT2D eigenvalue weighted by Crippen LogP contribution is 1.94. The first-order valence-corrected chi connectivity index (χ1v) is 5.94. The van der Waals surface area contributed by atoms with Gasteiger partial charge in [-0.25, -0.2) is 0 Å². The lowest BCUT2D eigenvalue weighted by Gasteiger charge is -1.90. The lowest BCUT2D eigenvalue weighted by atomic mass is 10.2. The third-order valence-corrected chi connectivity index (χ3v) is 2.10. The molecular formula is C16H16O2. The van der Waals surface area contributed by atoms with Crippen molar-refractivity contribution in [1.82, 2.24) is 0 Å². The molecule has 0 aromatic heterocycles. The minimum atomic E-state index is 0.387. The number of aldehydes is 1. The van der Waals surface area contributed by atoms with Crippen molar-refractivity contribution in [3.63, 3.8) is 0 Å². The Morgan fingerprint density at radius 1 is 1.06 bits per heavy atom. The zero-order chi connectivity index (χ0) is 12.9. The predicted molar refractivity (Wildman–Crippen MR) is 71.8 cm³/mol. The maximum atomic E-state index is 10.0. The lowest BCUT2D eigenvalue weighted by Crippen LogP contribution is -1.91. The maximum absolute atomic E-state index is 10.0. The standard InChI is InChI=1S/C16H16O2/c17-13-7-2-1-3-8-14-18-15-9-12-16-10-5-4-6-11-16/h4-6,10-11,13H,1-2,7,14-15H2. The van der Waals surface area contributed by atoms with E-state index >= 15 is 0 Å². The second-order valence-electron chi connectivity index (χ2n) is 3.57. The number of hydrogen-bond acceptors (Lipinski definition) is 2. The van der Waals surface area contributed by atoms with E-state index in [1.165, 1.54) is 0 Å². The maximum Gasteiger partial charge on any atom is 0.120 e. The van der Waals surface area contributed by atoms with Crippen molar-refractivity contribution >= 4 is 6.29 Å². The van der Waals surface area contributed by atoms with Crippen LogP contribution in [0.25, 0.3) is 0 Å². The van der Waals surface area contributed by atoms with Crippen LogP contribution in [-0.4, -0.2) is 19.5 Å². The lowest BCUT2D eigenvalue weighted by molar-refractivity contribution is -0.107. The van der Waals surface area contributed by atoms with Crippen molar-refractivity contribution in [2.75, 3.05) is 13.2 Å². The summed E-state index contributed by atoms with van der Waals surface area (Å²) in [5.74, 6) is 11.8. The van der Waals surface area contributed by atoms with E-state index in [9.17, 15) is 4.79 Å². The highest BCUT2D eigenvalue weighted by Gasteiger charge is 1.82. The van der Waals surface area contributed by atoms with Gasteiger partial charge in [-0.2, -0.15) is 0 Å². The molecule has 0 saturated carbocycles. The fourth-order valence-corrected chi connectivity index (χ4v) is 1.23. The van der Waals surface area contributed by atoms with Gasteiger partial charge in [0.05, 0.1) is 0 Å². The summed E-state index contributed by atoms with van der Waals surface area (Å²) in [5.41, 5.74) is 0.987. The second-order valence-corrected chi connectivity index (χ2v) is 3.57.